The van der Waals surface area contributed by atoms with Gasteiger partial charge in [-0.3, -0.25) is 9.59 Å². The maximum Gasteiger partial charge on any atom is 0.320 e. The van der Waals surface area contributed by atoms with Crippen LogP contribution < -0.4 is 25.6 Å². The van der Waals surface area contributed by atoms with Crippen LogP contribution in [0.5, 0.6) is 5.75 Å². The van der Waals surface area contributed by atoms with Gasteiger partial charge >= 0.3 is 6.03 Å². The van der Waals surface area contributed by atoms with E-state index in [-0.39, 0.29) is 6.54 Å². The highest BCUT2D eigenvalue weighted by molar-refractivity contribution is 6.12. The lowest BCUT2D eigenvalue weighted by Gasteiger charge is -2.30. The van der Waals surface area contributed by atoms with Crippen molar-refractivity contribution in [2.45, 2.75) is 32.1 Å². The number of benzene rings is 3. The first-order chi connectivity index (χ1) is 19.8. The lowest BCUT2D eigenvalue weighted by Crippen LogP contribution is -2.56. The topological polar surface area (TPSA) is 118 Å². The van der Waals surface area contributed by atoms with Crippen molar-refractivity contribution < 1.29 is 33.0 Å². The second-order valence-electron chi connectivity index (χ2n) is 9.22. The first-order valence-corrected chi connectivity index (χ1v) is 13.2. The third-order valence-corrected chi connectivity index (χ3v) is 6.51. The molecule has 10 nitrogen and oxygen atoms in total. The molecule has 1 aliphatic rings. The molecule has 0 unspecified atom stereocenters. The predicted octanol–water partition coefficient (Wildman–Crippen LogP) is 4.63. The van der Waals surface area contributed by atoms with Crippen LogP contribution in [0.15, 0.2) is 72.8 Å². The van der Waals surface area contributed by atoms with Gasteiger partial charge in [-0.05, 0) is 56.3 Å². The molecule has 1 aliphatic heterocycles. The molecule has 3 N–H and O–H groups in total. The Kier molecular flexibility index (Phi) is 9.53. The van der Waals surface area contributed by atoms with Crippen molar-refractivity contribution in [2.24, 2.45) is 0 Å². The second-order valence-corrected chi connectivity index (χ2v) is 9.22. The number of carbonyl (C=O) groups is 3. The van der Waals surface area contributed by atoms with Gasteiger partial charge in [0.2, 0.25) is 5.91 Å². The number of halogens is 1. The van der Waals surface area contributed by atoms with Gasteiger partial charge in [-0.2, -0.15) is 0 Å². The Morgan fingerprint density at radius 3 is 2.32 bits per heavy atom. The number of fused-ring (bicyclic) bond motifs is 1. The van der Waals surface area contributed by atoms with Crippen molar-refractivity contribution in [2.75, 3.05) is 42.4 Å². The fraction of sp³-hybridized carbons (Fsp3) is 0.300. The van der Waals surface area contributed by atoms with E-state index in [9.17, 15) is 18.8 Å². The molecule has 0 aromatic heterocycles. The van der Waals surface area contributed by atoms with E-state index in [0.29, 0.717) is 41.6 Å². The zero-order chi connectivity index (χ0) is 29.4. The Morgan fingerprint density at radius 1 is 0.927 bits per heavy atom. The summed E-state index contributed by atoms with van der Waals surface area (Å²) in [5, 5.41) is 8.21. The van der Waals surface area contributed by atoms with Gasteiger partial charge < -0.3 is 35.1 Å². The summed E-state index contributed by atoms with van der Waals surface area (Å²) in [6, 6.07) is 18.2. The second kappa shape index (κ2) is 13.2. The highest BCUT2D eigenvalue weighted by Crippen LogP contribution is 2.43. The summed E-state index contributed by atoms with van der Waals surface area (Å²) in [5.41, 5.74) is -0.0519. The van der Waals surface area contributed by atoms with E-state index < -0.39 is 41.9 Å². The van der Waals surface area contributed by atoms with Gasteiger partial charge in [0.1, 0.15) is 11.6 Å². The molecule has 4 rings (SSSR count). The van der Waals surface area contributed by atoms with E-state index >= 15 is 0 Å². The quantitative estimate of drug-likeness (QED) is 0.276. The number of nitrogens with one attached hydrogen (secondary N) is 3. The third kappa shape index (κ3) is 6.82. The fourth-order valence-corrected chi connectivity index (χ4v) is 4.75. The molecule has 0 aliphatic carbocycles. The molecule has 3 aromatic carbocycles. The highest BCUT2D eigenvalue weighted by Gasteiger charge is 2.53. The van der Waals surface area contributed by atoms with Crippen molar-refractivity contribution in [1.82, 2.24) is 5.32 Å². The number of methoxy groups -OCH3 is 1. The molecule has 216 valence electrons. The number of ether oxygens (including phenoxy) is 3. The monoisotopic (exact) mass is 564 g/mol. The molecule has 0 fully saturated rings. The van der Waals surface area contributed by atoms with Crippen LogP contribution in [0.1, 0.15) is 25.8 Å². The Balaban J connectivity index is 1.69. The average molecular weight is 565 g/mol. The number of nitrogens with zero attached hydrogens (tertiary/aromatic N) is 1. The maximum atomic E-state index is 14.3. The molecule has 1 atom stereocenters. The molecule has 1 heterocycles. The number of urea groups is 1. The Bertz CT molecular complexity index is 1380. The van der Waals surface area contributed by atoms with Crippen LogP contribution in [-0.2, 0) is 24.6 Å². The van der Waals surface area contributed by atoms with E-state index in [1.807, 2.05) is 13.8 Å². The molecular weight excluding hydrogens is 531 g/mol. The minimum absolute atomic E-state index is 0.0397. The summed E-state index contributed by atoms with van der Waals surface area (Å²) < 4.78 is 30.0. The fourth-order valence-electron chi connectivity index (χ4n) is 4.75. The van der Waals surface area contributed by atoms with Crippen LogP contribution in [0.25, 0.3) is 0 Å². The first-order valence-electron chi connectivity index (χ1n) is 13.2. The van der Waals surface area contributed by atoms with Gasteiger partial charge in [0.05, 0.1) is 25.8 Å². The molecule has 0 bridgehead atoms. The number of para-hydroxylation sites is 1. The van der Waals surface area contributed by atoms with Crippen molar-refractivity contribution >= 4 is 34.9 Å². The van der Waals surface area contributed by atoms with Crippen LogP contribution in [-0.4, -0.2) is 51.0 Å². The van der Waals surface area contributed by atoms with Gasteiger partial charge in [0, 0.05) is 36.2 Å². The Hall–Kier alpha value is -4.48. The van der Waals surface area contributed by atoms with Gasteiger partial charge in [0.15, 0.2) is 11.8 Å². The van der Waals surface area contributed by atoms with Crippen LogP contribution in [0, 0.1) is 5.82 Å². The number of hydrogen-bond acceptors (Lipinski definition) is 6. The average Bonchev–Trinajstić information content (AvgIpc) is 3.17. The molecule has 0 spiro atoms. The summed E-state index contributed by atoms with van der Waals surface area (Å²) >= 11 is 0. The number of hydrogen-bond donors (Lipinski definition) is 3. The molecule has 11 heteroatoms. The number of anilines is 3. The summed E-state index contributed by atoms with van der Waals surface area (Å²) in [7, 11) is 1.51. The van der Waals surface area contributed by atoms with Gasteiger partial charge in [-0.15, -0.1) is 0 Å². The van der Waals surface area contributed by atoms with Gasteiger partial charge in [-0.25, -0.2) is 9.18 Å². The van der Waals surface area contributed by atoms with E-state index in [1.54, 1.807) is 48.5 Å². The van der Waals surface area contributed by atoms with E-state index in [1.165, 1.54) is 36.3 Å². The lowest BCUT2D eigenvalue weighted by atomic mass is 9.87. The molecule has 3 aromatic rings. The minimum atomic E-state index is -1.77. The van der Waals surface area contributed by atoms with E-state index in [0.717, 1.165) is 0 Å². The number of carbonyl (C=O) groups excluding carboxylic acids is 3. The molecule has 0 saturated heterocycles. The highest BCUT2D eigenvalue weighted by atomic mass is 19.1. The molecule has 41 heavy (non-hydrogen) atoms. The maximum absolute atomic E-state index is 14.3. The summed E-state index contributed by atoms with van der Waals surface area (Å²) in [6.07, 6.45) is -1.16. The molecule has 0 radical (unpaired) electrons. The van der Waals surface area contributed by atoms with Gasteiger partial charge in [-0.1, -0.05) is 24.3 Å². The summed E-state index contributed by atoms with van der Waals surface area (Å²) in [4.78, 5) is 42.5. The first kappa shape index (κ1) is 29.5. The van der Waals surface area contributed by atoms with Crippen molar-refractivity contribution in [3.8, 4) is 5.75 Å². The summed E-state index contributed by atoms with van der Waals surface area (Å²) in [5.74, 6) is -1.01. The van der Waals surface area contributed by atoms with Gasteiger partial charge in [0.25, 0.3) is 5.91 Å². The predicted molar refractivity (Wildman–Crippen MR) is 152 cm³/mol. The van der Waals surface area contributed by atoms with Crippen molar-refractivity contribution in [1.29, 1.82) is 0 Å². The summed E-state index contributed by atoms with van der Waals surface area (Å²) in [6.45, 7) is 4.40. The smallest absolute Gasteiger partial charge is 0.320 e. The SMILES string of the molecule is CCOC(CN1C(=O)[C@@](CC(=O)Nc2ccc(F)cc2)(NC(=O)Nc2cccc(OC)c2)c2ccccc21)OCC. The van der Waals surface area contributed by atoms with Crippen molar-refractivity contribution in [3.05, 3.63) is 84.2 Å². The molecule has 4 amide bonds. The Morgan fingerprint density at radius 2 is 1.63 bits per heavy atom. The largest absolute Gasteiger partial charge is 0.497 e. The van der Waals surface area contributed by atoms with Crippen molar-refractivity contribution in [3.63, 3.8) is 0 Å². The molecular formula is C30H33FN4O6. The van der Waals surface area contributed by atoms with Crippen LogP contribution in [0.2, 0.25) is 0 Å². The lowest BCUT2D eigenvalue weighted by molar-refractivity contribution is -0.138. The number of amides is 4. The minimum Gasteiger partial charge on any atom is -0.497 e. The van der Waals surface area contributed by atoms with Crippen LogP contribution >= 0.6 is 0 Å². The number of rotatable bonds is 12. The Labute approximate surface area is 237 Å². The third-order valence-electron chi connectivity index (χ3n) is 6.51. The standard InChI is InChI=1S/C30H33FN4O6/c1-4-40-27(41-5-2)19-35-25-12-7-6-11-24(25)30(28(35)37,18-26(36)32-21-15-13-20(31)14-16-21)34-29(38)33-22-9-8-10-23(17-22)39-3/h6-17,27H,4-5,18-19H2,1-3H3,(H,32,36)(H2,33,34,38)/t30-/m0/s1. The van der Waals surface area contributed by atoms with E-state index in [4.69, 9.17) is 14.2 Å². The zero-order valence-corrected chi connectivity index (χ0v) is 23.1. The molecule has 0 saturated carbocycles. The zero-order valence-electron chi connectivity index (χ0n) is 23.1. The normalized spacial score (nSPS) is 15.9. The van der Waals surface area contributed by atoms with Crippen LogP contribution in [0.4, 0.5) is 26.2 Å². The van der Waals surface area contributed by atoms with E-state index in [2.05, 4.69) is 16.0 Å². The van der Waals surface area contributed by atoms with Crippen LogP contribution in [0.3, 0.4) is 0 Å².